The van der Waals surface area contributed by atoms with Crippen LogP contribution in [0.15, 0.2) is 47.5 Å². The van der Waals surface area contributed by atoms with Gasteiger partial charge in [0.1, 0.15) is 11.9 Å². The van der Waals surface area contributed by atoms with Crippen LogP contribution < -0.4 is 10.2 Å². The molecule has 2 aromatic rings. The minimum atomic E-state index is -4.40. The van der Waals surface area contributed by atoms with Crippen molar-refractivity contribution in [3.05, 3.63) is 48.2 Å². The van der Waals surface area contributed by atoms with Crippen molar-refractivity contribution in [2.45, 2.75) is 29.9 Å². The van der Waals surface area contributed by atoms with Gasteiger partial charge in [-0.2, -0.15) is 13.2 Å². The molecule has 1 aromatic carbocycles. The predicted molar refractivity (Wildman–Crippen MR) is 100 cm³/mol. The Bertz CT molecular complexity index is 889. The van der Waals surface area contributed by atoms with Crippen molar-refractivity contribution >= 4 is 35.2 Å². The summed E-state index contributed by atoms with van der Waals surface area (Å²) in [6, 6.07) is 7.47. The van der Waals surface area contributed by atoms with Gasteiger partial charge in [0, 0.05) is 24.7 Å². The van der Waals surface area contributed by atoms with Crippen LogP contribution in [0.5, 0.6) is 0 Å². The summed E-state index contributed by atoms with van der Waals surface area (Å²) in [6.07, 6.45) is 1.60. The Kier molecular flexibility index (Phi) is 5.50. The number of hydrogen-bond acceptors (Lipinski definition) is 5. The summed E-state index contributed by atoms with van der Waals surface area (Å²) in [6.45, 7) is 1.83. The highest BCUT2D eigenvalue weighted by atomic mass is 32.2. The summed E-state index contributed by atoms with van der Waals surface area (Å²) in [4.78, 5) is 31.9. The number of imide groups is 1. The van der Waals surface area contributed by atoms with Crippen molar-refractivity contribution in [1.29, 1.82) is 0 Å². The zero-order valence-corrected chi connectivity index (χ0v) is 15.8. The van der Waals surface area contributed by atoms with Gasteiger partial charge in [0.05, 0.1) is 5.69 Å². The average molecular weight is 410 g/mol. The second-order valence-corrected chi connectivity index (χ2v) is 7.24. The van der Waals surface area contributed by atoms with Crippen LogP contribution >= 0.6 is 11.8 Å². The Morgan fingerprint density at radius 3 is 2.46 bits per heavy atom. The van der Waals surface area contributed by atoms with Gasteiger partial charge >= 0.3 is 11.5 Å². The van der Waals surface area contributed by atoms with Crippen LogP contribution in [-0.4, -0.2) is 40.4 Å². The Balaban J connectivity index is 1.80. The fourth-order valence-electron chi connectivity index (χ4n) is 2.85. The molecule has 148 valence electrons. The second-order valence-electron chi connectivity index (χ2n) is 6.10. The van der Waals surface area contributed by atoms with E-state index >= 15 is 0 Å². The van der Waals surface area contributed by atoms with E-state index < -0.39 is 23.5 Å². The molecule has 1 saturated heterocycles. The summed E-state index contributed by atoms with van der Waals surface area (Å²) in [7, 11) is 1.72. The molecule has 3 rings (SSSR count). The number of thioether (sulfide) groups is 1. The molecule has 1 aliphatic rings. The SMILES string of the molecule is CNc1cc(CN2C(=O)N(c3ccc(SC(F)(F)F)cc3)C(=O)C2C)ccn1. The first-order valence-electron chi connectivity index (χ1n) is 8.32. The van der Waals surface area contributed by atoms with Crippen LogP contribution in [0.4, 0.5) is 29.5 Å². The number of carbonyl (C=O) groups excluding carboxylic acids is 2. The van der Waals surface area contributed by atoms with Gasteiger partial charge in [-0.15, -0.1) is 0 Å². The highest BCUT2D eigenvalue weighted by molar-refractivity contribution is 8.00. The summed E-state index contributed by atoms with van der Waals surface area (Å²) in [5.74, 6) is 0.210. The molecule has 1 N–H and O–H groups in total. The molecule has 0 aliphatic carbocycles. The van der Waals surface area contributed by atoms with E-state index in [-0.39, 0.29) is 28.9 Å². The number of benzene rings is 1. The smallest absolute Gasteiger partial charge is 0.373 e. The van der Waals surface area contributed by atoms with E-state index in [0.717, 1.165) is 10.5 Å². The third-order valence-corrected chi connectivity index (χ3v) is 4.98. The lowest BCUT2D eigenvalue weighted by Gasteiger charge is -2.19. The van der Waals surface area contributed by atoms with E-state index in [2.05, 4.69) is 10.3 Å². The molecule has 3 amide bonds. The summed E-state index contributed by atoms with van der Waals surface area (Å²) < 4.78 is 37.4. The largest absolute Gasteiger partial charge is 0.446 e. The normalized spacial score (nSPS) is 17.4. The van der Waals surface area contributed by atoms with Gasteiger partial charge in [0.15, 0.2) is 0 Å². The van der Waals surface area contributed by atoms with E-state index in [4.69, 9.17) is 0 Å². The fourth-order valence-corrected chi connectivity index (χ4v) is 3.39. The van der Waals surface area contributed by atoms with Crippen molar-refractivity contribution in [3.8, 4) is 0 Å². The molecule has 1 aromatic heterocycles. The van der Waals surface area contributed by atoms with Crippen LogP contribution in [0.3, 0.4) is 0 Å². The number of pyridine rings is 1. The summed E-state index contributed by atoms with van der Waals surface area (Å²) >= 11 is -0.251. The average Bonchev–Trinajstić information content (AvgIpc) is 2.85. The van der Waals surface area contributed by atoms with Crippen molar-refractivity contribution in [1.82, 2.24) is 9.88 Å². The molecular weight excluding hydrogens is 393 g/mol. The first-order chi connectivity index (χ1) is 13.2. The van der Waals surface area contributed by atoms with Crippen LogP contribution in [0.2, 0.25) is 0 Å². The van der Waals surface area contributed by atoms with Crippen molar-refractivity contribution in [2.24, 2.45) is 0 Å². The van der Waals surface area contributed by atoms with Gasteiger partial charge in [-0.1, -0.05) is 0 Å². The lowest BCUT2D eigenvalue weighted by atomic mass is 10.2. The molecule has 1 fully saturated rings. The number of amides is 3. The Morgan fingerprint density at radius 2 is 1.86 bits per heavy atom. The fraction of sp³-hybridized carbons (Fsp3) is 0.278. The number of alkyl halides is 3. The summed E-state index contributed by atoms with van der Waals surface area (Å²) in [5, 5.41) is 2.91. The maximum absolute atomic E-state index is 12.8. The minimum Gasteiger partial charge on any atom is -0.373 e. The van der Waals surface area contributed by atoms with Gasteiger partial charge in [-0.05, 0) is 60.6 Å². The quantitative estimate of drug-likeness (QED) is 0.594. The molecule has 0 saturated carbocycles. The molecular formula is C18H17F3N4O2S. The Hall–Kier alpha value is -2.75. The van der Waals surface area contributed by atoms with E-state index in [9.17, 15) is 22.8 Å². The molecule has 0 bridgehead atoms. The van der Waals surface area contributed by atoms with Crippen LogP contribution in [-0.2, 0) is 11.3 Å². The van der Waals surface area contributed by atoms with Crippen molar-refractivity contribution in [2.75, 3.05) is 17.3 Å². The maximum atomic E-state index is 12.8. The molecule has 2 heterocycles. The number of carbonyl (C=O) groups is 2. The van der Waals surface area contributed by atoms with Crippen LogP contribution in [0, 0.1) is 0 Å². The topological polar surface area (TPSA) is 65.5 Å². The number of nitrogens with zero attached hydrogens (tertiary/aromatic N) is 3. The summed E-state index contributed by atoms with van der Waals surface area (Å²) in [5.41, 5.74) is -3.37. The van der Waals surface area contributed by atoms with Gasteiger partial charge in [0.2, 0.25) is 0 Å². The molecule has 1 aliphatic heterocycles. The first-order valence-corrected chi connectivity index (χ1v) is 9.14. The predicted octanol–water partition coefficient (Wildman–Crippen LogP) is 4.09. The molecule has 0 radical (unpaired) electrons. The van der Waals surface area contributed by atoms with Gasteiger partial charge in [0.25, 0.3) is 5.91 Å². The van der Waals surface area contributed by atoms with E-state index in [1.807, 2.05) is 0 Å². The number of anilines is 2. The van der Waals surface area contributed by atoms with Crippen LogP contribution in [0.25, 0.3) is 0 Å². The number of halogens is 3. The molecule has 1 atom stereocenters. The lowest BCUT2D eigenvalue weighted by Crippen LogP contribution is -2.33. The zero-order valence-electron chi connectivity index (χ0n) is 15.0. The van der Waals surface area contributed by atoms with E-state index in [0.29, 0.717) is 5.82 Å². The van der Waals surface area contributed by atoms with E-state index in [1.165, 1.54) is 29.2 Å². The number of hydrogen-bond donors (Lipinski definition) is 1. The van der Waals surface area contributed by atoms with Crippen LogP contribution in [0.1, 0.15) is 12.5 Å². The Labute approximate surface area is 163 Å². The lowest BCUT2D eigenvalue weighted by molar-refractivity contribution is -0.119. The third kappa shape index (κ3) is 4.22. The Morgan fingerprint density at radius 1 is 1.18 bits per heavy atom. The maximum Gasteiger partial charge on any atom is 0.446 e. The number of aromatic nitrogens is 1. The first kappa shape index (κ1) is 20.0. The standard InChI is InChI=1S/C18H17F3N4O2S/c1-11-16(26)25(13-3-5-14(6-4-13)28-18(19,20)21)17(27)24(11)10-12-7-8-23-15(9-12)22-2/h3-9,11H,10H2,1-2H3,(H,22,23). The molecule has 10 heteroatoms. The van der Waals surface area contributed by atoms with Crippen molar-refractivity contribution < 1.29 is 22.8 Å². The molecule has 28 heavy (non-hydrogen) atoms. The molecule has 1 unspecified atom stereocenters. The highest BCUT2D eigenvalue weighted by Gasteiger charge is 2.43. The third-order valence-electron chi connectivity index (χ3n) is 4.24. The minimum absolute atomic E-state index is 0.0170. The molecule has 0 spiro atoms. The van der Waals surface area contributed by atoms with Gasteiger partial charge in [-0.3, -0.25) is 4.79 Å². The number of nitrogens with one attached hydrogen (secondary N) is 1. The number of urea groups is 1. The van der Waals surface area contributed by atoms with Crippen molar-refractivity contribution in [3.63, 3.8) is 0 Å². The monoisotopic (exact) mass is 410 g/mol. The van der Waals surface area contributed by atoms with Gasteiger partial charge < -0.3 is 10.2 Å². The molecule has 6 nitrogen and oxygen atoms in total. The zero-order chi connectivity index (χ0) is 20.5. The number of rotatable bonds is 5. The second kappa shape index (κ2) is 7.70. The van der Waals surface area contributed by atoms with Gasteiger partial charge in [-0.25, -0.2) is 14.7 Å². The highest BCUT2D eigenvalue weighted by Crippen LogP contribution is 2.37. The van der Waals surface area contributed by atoms with E-state index in [1.54, 1.807) is 32.3 Å².